The van der Waals surface area contributed by atoms with Gasteiger partial charge in [0.2, 0.25) is 0 Å². The molecule has 208 valence electrons. The van der Waals surface area contributed by atoms with Gasteiger partial charge in [-0.15, -0.1) is 0 Å². The maximum absolute atomic E-state index is 6.66. The monoisotopic (exact) mass is 555 g/mol. The molecule has 0 spiro atoms. The topological polar surface area (TPSA) is 21.3 Å². The molecule has 2 aliphatic rings. The summed E-state index contributed by atoms with van der Waals surface area (Å²) in [5, 5.41) is 3.63. The minimum atomic E-state index is -0.213. The molecule has 0 saturated carbocycles. The number of hydrogen-bond donors (Lipinski definition) is 1. The van der Waals surface area contributed by atoms with E-state index in [0.29, 0.717) is 0 Å². The first-order valence-electron chi connectivity index (χ1n) is 15.1. The lowest BCUT2D eigenvalue weighted by molar-refractivity contribution is 0.255. The first-order valence-corrected chi connectivity index (χ1v) is 15.1. The van der Waals surface area contributed by atoms with Crippen molar-refractivity contribution in [2.45, 2.75) is 32.4 Å². The van der Waals surface area contributed by atoms with Crippen LogP contribution in [0.5, 0.6) is 5.75 Å². The van der Waals surface area contributed by atoms with Crippen molar-refractivity contribution in [1.82, 2.24) is 0 Å². The molecule has 1 N–H and O–H groups in total. The molecule has 0 aromatic heterocycles. The Morgan fingerprint density at radius 3 is 1.84 bits per heavy atom. The number of anilines is 1. The van der Waals surface area contributed by atoms with Gasteiger partial charge in [0.15, 0.2) is 12.0 Å². The molecule has 8 rings (SSSR count). The first-order chi connectivity index (χ1) is 21.0. The number of aryl methyl sites for hydroxylation is 1. The van der Waals surface area contributed by atoms with Gasteiger partial charge in [0.05, 0.1) is 5.69 Å². The van der Waals surface area contributed by atoms with Crippen LogP contribution in [0, 0.1) is 6.92 Å². The zero-order valence-corrected chi connectivity index (χ0v) is 24.7. The molecule has 1 heterocycles. The van der Waals surface area contributed by atoms with E-state index < -0.39 is 0 Å². The van der Waals surface area contributed by atoms with Crippen LogP contribution >= 0.6 is 0 Å². The Labute approximate surface area is 253 Å². The van der Waals surface area contributed by atoms with Crippen LogP contribution in [0.1, 0.15) is 42.3 Å². The van der Waals surface area contributed by atoms with Crippen LogP contribution in [0.2, 0.25) is 0 Å². The van der Waals surface area contributed by atoms with E-state index in [0.717, 1.165) is 17.0 Å². The number of benzene rings is 6. The van der Waals surface area contributed by atoms with Gasteiger partial charge in [0, 0.05) is 16.5 Å². The highest BCUT2D eigenvalue weighted by atomic mass is 16.5. The molecule has 0 saturated heterocycles. The lowest BCUT2D eigenvalue weighted by Crippen LogP contribution is -2.16. The van der Waals surface area contributed by atoms with Crippen molar-refractivity contribution in [1.29, 1.82) is 0 Å². The largest absolute Gasteiger partial charge is 0.464 e. The maximum Gasteiger partial charge on any atom is 0.196 e. The van der Waals surface area contributed by atoms with Crippen molar-refractivity contribution in [3.63, 3.8) is 0 Å². The molecule has 2 heteroatoms. The number of ether oxygens (including phenoxy) is 1. The fourth-order valence-corrected chi connectivity index (χ4v) is 7.04. The Hall–Kier alpha value is -5.08. The SMILES string of the molecule is Cc1ccccc1-c1ccccc1-c1ccc(-c2ccc(C3Nc4ccc5c(c4O3)C(C)(C)c3ccccc3-5)cc2)cc1. The lowest BCUT2D eigenvalue weighted by atomic mass is 9.82. The molecule has 1 aliphatic carbocycles. The second-order valence-electron chi connectivity index (χ2n) is 12.2. The molecular formula is C41H33NO. The third-order valence-corrected chi connectivity index (χ3v) is 9.30. The van der Waals surface area contributed by atoms with Crippen LogP contribution in [0.3, 0.4) is 0 Å². The van der Waals surface area contributed by atoms with E-state index in [1.807, 2.05) is 0 Å². The van der Waals surface area contributed by atoms with E-state index in [1.165, 1.54) is 61.2 Å². The molecule has 2 nitrogen and oxygen atoms in total. The van der Waals surface area contributed by atoms with Crippen LogP contribution < -0.4 is 10.1 Å². The van der Waals surface area contributed by atoms with Crippen molar-refractivity contribution < 1.29 is 4.74 Å². The molecule has 0 amide bonds. The third kappa shape index (κ3) is 4.09. The molecule has 0 radical (unpaired) electrons. The standard InChI is InChI=1S/C41H33NO/c1-26-10-4-5-11-31(26)33-13-7-6-12-32(33)29-20-16-27(17-21-29)28-18-22-30(23-19-28)40-42-37-25-24-35-34-14-8-9-15-36(34)41(2,3)38(35)39(37)43-40/h4-25,40,42H,1-3H3. The Morgan fingerprint density at radius 1 is 0.535 bits per heavy atom. The van der Waals surface area contributed by atoms with Crippen molar-refractivity contribution in [3.05, 3.63) is 156 Å². The van der Waals surface area contributed by atoms with Crippen molar-refractivity contribution >= 4 is 5.69 Å². The van der Waals surface area contributed by atoms with E-state index in [4.69, 9.17) is 4.74 Å². The Balaban J connectivity index is 1.05. The highest BCUT2D eigenvalue weighted by molar-refractivity contribution is 5.88. The molecule has 6 aromatic carbocycles. The Kier molecular flexibility index (Phi) is 5.80. The van der Waals surface area contributed by atoms with Gasteiger partial charge in [0.25, 0.3) is 0 Å². The van der Waals surface area contributed by atoms with Gasteiger partial charge in [-0.3, -0.25) is 0 Å². The molecule has 1 unspecified atom stereocenters. The van der Waals surface area contributed by atoms with Crippen molar-refractivity contribution in [2.75, 3.05) is 5.32 Å². The molecule has 6 aromatic rings. The smallest absolute Gasteiger partial charge is 0.196 e. The number of hydrogen-bond acceptors (Lipinski definition) is 2. The molecule has 0 bridgehead atoms. The summed E-state index contributed by atoms with van der Waals surface area (Å²) in [5.74, 6) is 0.981. The number of rotatable bonds is 4. The maximum atomic E-state index is 6.66. The second kappa shape index (κ2) is 9.74. The van der Waals surface area contributed by atoms with E-state index in [-0.39, 0.29) is 11.6 Å². The zero-order valence-electron chi connectivity index (χ0n) is 24.7. The fraction of sp³-hybridized carbons (Fsp3) is 0.122. The molecule has 1 atom stereocenters. The molecule has 1 aliphatic heterocycles. The highest BCUT2D eigenvalue weighted by Crippen LogP contribution is 2.56. The third-order valence-electron chi connectivity index (χ3n) is 9.30. The Morgan fingerprint density at radius 2 is 1.12 bits per heavy atom. The van der Waals surface area contributed by atoms with Gasteiger partial charge in [-0.05, 0) is 68.6 Å². The number of nitrogens with one attached hydrogen (secondary N) is 1. The van der Waals surface area contributed by atoms with Gasteiger partial charge in [0.1, 0.15) is 0 Å². The predicted molar refractivity (Wildman–Crippen MR) is 178 cm³/mol. The van der Waals surface area contributed by atoms with Crippen molar-refractivity contribution in [2.24, 2.45) is 0 Å². The van der Waals surface area contributed by atoms with Crippen molar-refractivity contribution in [3.8, 4) is 50.3 Å². The van der Waals surface area contributed by atoms with E-state index >= 15 is 0 Å². The summed E-state index contributed by atoms with van der Waals surface area (Å²) >= 11 is 0. The zero-order chi connectivity index (χ0) is 29.1. The molecular weight excluding hydrogens is 522 g/mol. The summed E-state index contributed by atoms with van der Waals surface area (Å²) in [4.78, 5) is 0. The van der Waals surface area contributed by atoms with E-state index in [9.17, 15) is 0 Å². The minimum Gasteiger partial charge on any atom is -0.464 e. The Bertz CT molecular complexity index is 2000. The van der Waals surface area contributed by atoms with Crippen LogP contribution in [0.25, 0.3) is 44.5 Å². The average molecular weight is 556 g/mol. The van der Waals surface area contributed by atoms with E-state index in [1.54, 1.807) is 0 Å². The first kappa shape index (κ1) is 25.6. The molecule has 43 heavy (non-hydrogen) atoms. The van der Waals surface area contributed by atoms with Gasteiger partial charge >= 0.3 is 0 Å². The predicted octanol–water partition coefficient (Wildman–Crippen LogP) is 10.8. The summed E-state index contributed by atoms with van der Waals surface area (Å²) in [6, 6.07) is 48.1. The summed E-state index contributed by atoms with van der Waals surface area (Å²) < 4.78 is 6.66. The number of fused-ring (bicyclic) bond motifs is 5. The summed E-state index contributed by atoms with van der Waals surface area (Å²) in [6.45, 7) is 6.78. The normalized spacial score (nSPS) is 15.7. The molecule has 0 fully saturated rings. The minimum absolute atomic E-state index is 0.107. The van der Waals surface area contributed by atoms with Gasteiger partial charge in [-0.1, -0.05) is 141 Å². The summed E-state index contributed by atoms with van der Waals surface area (Å²) in [6.07, 6.45) is -0.213. The summed E-state index contributed by atoms with van der Waals surface area (Å²) in [7, 11) is 0. The van der Waals surface area contributed by atoms with Crippen LogP contribution in [0.4, 0.5) is 5.69 Å². The van der Waals surface area contributed by atoms with Crippen LogP contribution in [-0.2, 0) is 5.41 Å². The average Bonchev–Trinajstić information content (AvgIpc) is 3.58. The van der Waals surface area contributed by atoms with Crippen LogP contribution in [-0.4, -0.2) is 0 Å². The summed E-state index contributed by atoms with van der Waals surface area (Å²) in [5.41, 5.74) is 16.0. The van der Waals surface area contributed by atoms with Gasteiger partial charge < -0.3 is 10.1 Å². The quantitative estimate of drug-likeness (QED) is 0.234. The lowest BCUT2D eigenvalue weighted by Gasteiger charge is -2.23. The second-order valence-corrected chi connectivity index (χ2v) is 12.2. The highest BCUT2D eigenvalue weighted by Gasteiger charge is 2.41. The van der Waals surface area contributed by atoms with Gasteiger partial charge in [-0.25, -0.2) is 0 Å². The van der Waals surface area contributed by atoms with Crippen LogP contribution in [0.15, 0.2) is 133 Å². The fourth-order valence-electron chi connectivity index (χ4n) is 7.04. The van der Waals surface area contributed by atoms with E-state index in [2.05, 4.69) is 160 Å². The van der Waals surface area contributed by atoms with Gasteiger partial charge in [-0.2, -0.15) is 0 Å².